The lowest BCUT2D eigenvalue weighted by Crippen LogP contribution is -2.57. The van der Waals surface area contributed by atoms with Crippen LogP contribution in [-0.2, 0) is 9.53 Å². The SMILES string of the molecule is COCCN1C[C@H](C(=O)c2ccccc2)[C@@H](c2cccc(F)c2C)[C@H](N(C=O)CCO)C1. The molecule has 172 valence electrons. The summed E-state index contributed by atoms with van der Waals surface area (Å²) in [6, 6.07) is 13.6. The van der Waals surface area contributed by atoms with E-state index in [0.29, 0.717) is 43.8 Å². The third kappa shape index (κ3) is 5.23. The zero-order chi connectivity index (χ0) is 23.1. The summed E-state index contributed by atoms with van der Waals surface area (Å²) in [5.74, 6) is -1.28. The summed E-state index contributed by atoms with van der Waals surface area (Å²) in [7, 11) is 1.62. The van der Waals surface area contributed by atoms with Gasteiger partial charge in [0.05, 0.1) is 19.3 Å². The fourth-order valence-electron chi connectivity index (χ4n) is 4.71. The summed E-state index contributed by atoms with van der Waals surface area (Å²) in [5, 5.41) is 9.55. The van der Waals surface area contributed by atoms with Crippen molar-refractivity contribution < 1.29 is 23.8 Å². The highest BCUT2D eigenvalue weighted by Gasteiger charge is 2.44. The molecule has 1 aliphatic heterocycles. The Kier molecular flexibility index (Phi) is 8.50. The first-order chi connectivity index (χ1) is 15.5. The molecule has 0 radical (unpaired) electrons. The molecule has 0 bridgehead atoms. The van der Waals surface area contributed by atoms with Crippen molar-refractivity contribution in [3.05, 3.63) is 71.0 Å². The van der Waals surface area contributed by atoms with Crippen LogP contribution in [0.4, 0.5) is 4.39 Å². The van der Waals surface area contributed by atoms with Gasteiger partial charge in [-0.3, -0.25) is 14.5 Å². The van der Waals surface area contributed by atoms with Crippen LogP contribution < -0.4 is 0 Å². The molecule has 1 heterocycles. The molecule has 32 heavy (non-hydrogen) atoms. The fourth-order valence-corrected chi connectivity index (χ4v) is 4.71. The molecule has 7 heteroatoms. The van der Waals surface area contributed by atoms with Gasteiger partial charge in [-0.05, 0) is 24.1 Å². The molecule has 0 spiro atoms. The van der Waals surface area contributed by atoms with Crippen molar-refractivity contribution in [3.63, 3.8) is 0 Å². The maximum atomic E-state index is 14.6. The number of ether oxygens (including phenoxy) is 1. The number of methoxy groups -OCH3 is 1. The smallest absolute Gasteiger partial charge is 0.210 e. The highest BCUT2D eigenvalue weighted by molar-refractivity contribution is 5.98. The first-order valence-corrected chi connectivity index (χ1v) is 10.9. The third-order valence-corrected chi connectivity index (χ3v) is 6.34. The van der Waals surface area contributed by atoms with Crippen molar-refractivity contribution in [2.45, 2.75) is 18.9 Å². The van der Waals surface area contributed by atoms with Crippen molar-refractivity contribution in [2.24, 2.45) is 5.92 Å². The number of nitrogens with zero attached hydrogens (tertiary/aromatic N) is 2. The van der Waals surface area contributed by atoms with Crippen molar-refractivity contribution in [1.29, 1.82) is 0 Å². The van der Waals surface area contributed by atoms with Gasteiger partial charge < -0.3 is 14.7 Å². The fraction of sp³-hybridized carbons (Fsp3) is 0.440. The largest absolute Gasteiger partial charge is 0.395 e. The Morgan fingerprint density at radius 1 is 1.22 bits per heavy atom. The third-order valence-electron chi connectivity index (χ3n) is 6.34. The number of ketones is 1. The summed E-state index contributed by atoms with van der Waals surface area (Å²) in [6.07, 6.45) is 0.715. The van der Waals surface area contributed by atoms with Crippen LogP contribution in [0.3, 0.4) is 0 Å². The van der Waals surface area contributed by atoms with Gasteiger partial charge in [0.2, 0.25) is 6.41 Å². The molecule has 1 N–H and O–H groups in total. The van der Waals surface area contributed by atoms with Gasteiger partial charge in [0.25, 0.3) is 0 Å². The van der Waals surface area contributed by atoms with Gasteiger partial charge in [-0.25, -0.2) is 4.39 Å². The van der Waals surface area contributed by atoms with Gasteiger partial charge in [0.15, 0.2) is 5.78 Å². The number of hydrogen-bond donors (Lipinski definition) is 1. The molecule has 1 amide bonds. The van der Waals surface area contributed by atoms with Crippen molar-refractivity contribution in [2.75, 3.05) is 46.5 Å². The van der Waals surface area contributed by atoms with E-state index in [4.69, 9.17) is 4.74 Å². The van der Waals surface area contributed by atoms with E-state index in [1.165, 1.54) is 6.07 Å². The Bertz CT molecular complexity index is 908. The van der Waals surface area contributed by atoms with Gasteiger partial charge in [-0.1, -0.05) is 42.5 Å². The number of aliphatic hydroxyl groups excluding tert-OH is 1. The number of piperidine rings is 1. The van der Waals surface area contributed by atoms with E-state index in [2.05, 4.69) is 4.90 Å². The molecule has 2 aromatic rings. The first-order valence-electron chi connectivity index (χ1n) is 10.9. The van der Waals surface area contributed by atoms with Gasteiger partial charge in [0.1, 0.15) is 5.82 Å². The number of Topliss-reactive ketones (excluding diaryl/α,β-unsaturated/α-hetero) is 1. The zero-order valence-electron chi connectivity index (χ0n) is 18.6. The minimum absolute atomic E-state index is 0.0405. The molecule has 1 fully saturated rings. The lowest BCUT2D eigenvalue weighted by atomic mass is 9.72. The number of rotatable bonds is 10. The van der Waals surface area contributed by atoms with Crippen molar-refractivity contribution in [3.8, 4) is 0 Å². The van der Waals surface area contributed by atoms with Crippen LogP contribution in [0.5, 0.6) is 0 Å². The maximum absolute atomic E-state index is 14.6. The van der Waals surface area contributed by atoms with Crippen LogP contribution in [0.15, 0.2) is 48.5 Å². The predicted octanol–water partition coefficient (Wildman–Crippen LogP) is 2.50. The monoisotopic (exact) mass is 442 g/mol. The Balaban J connectivity index is 2.11. The number of aliphatic hydroxyl groups is 1. The average Bonchev–Trinajstić information content (AvgIpc) is 2.82. The number of carbonyl (C=O) groups excluding carboxylic acids is 2. The van der Waals surface area contributed by atoms with E-state index in [1.807, 2.05) is 24.3 Å². The van der Waals surface area contributed by atoms with Crippen LogP contribution in [0.25, 0.3) is 0 Å². The highest BCUT2D eigenvalue weighted by Crippen LogP contribution is 2.39. The molecule has 6 nitrogen and oxygen atoms in total. The number of hydrogen-bond acceptors (Lipinski definition) is 5. The zero-order valence-corrected chi connectivity index (χ0v) is 18.6. The van der Waals surface area contributed by atoms with E-state index in [1.54, 1.807) is 37.1 Å². The standard InChI is InChI=1S/C25H31FN2O4/c1-18-20(9-6-10-22(18)26)24-21(25(31)19-7-4-3-5-8-19)15-27(12-14-32-2)16-23(24)28(17-30)11-13-29/h3-10,17,21,23-24,29H,11-16H2,1-2H3/t21-,23+,24+/m0/s1. The molecular weight excluding hydrogens is 411 g/mol. The molecule has 0 aromatic heterocycles. The number of likely N-dealkylation sites (tertiary alicyclic amines) is 1. The second-order valence-electron chi connectivity index (χ2n) is 8.20. The average molecular weight is 443 g/mol. The second-order valence-corrected chi connectivity index (χ2v) is 8.20. The van der Waals surface area contributed by atoms with E-state index < -0.39 is 17.9 Å². The minimum Gasteiger partial charge on any atom is -0.395 e. The number of amides is 1. The van der Waals surface area contributed by atoms with E-state index >= 15 is 0 Å². The quantitative estimate of drug-likeness (QED) is 0.452. The molecule has 1 aliphatic rings. The van der Waals surface area contributed by atoms with Gasteiger partial charge in [-0.2, -0.15) is 0 Å². The molecule has 0 unspecified atom stereocenters. The second kappa shape index (κ2) is 11.3. The maximum Gasteiger partial charge on any atom is 0.210 e. The van der Waals surface area contributed by atoms with E-state index in [-0.39, 0.29) is 24.8 Å². The normalized spacial score (nSPS) is 21.3. The Morgan fingerprint density at radius 2 is 1.97 bits per heavy atom. The van der Waals surface area contributed by atoms with Crippen LogP contribution in [-0.4, -0.2) is 79.6 Å². The summed E-state index contributed by atoms with van der Waals surface area (Å²) in [4.78, 5) is 29.4. The van der Waals surface area contributed by atoms with Crippen LogP contribution in [0.1, 0.15) is 27.4 Å². The van der Waals surface area contributed by atoms with E-state index in [9.17, 15) is 19.1 Å². The van der Waals surface area contributed by atoms with Gasteiger partial charge >= 0.3 is 0 Å². The predicted molar refractivity (Wildman–Crippen MR) is 120 cm³/mol. The number of carbonyl (C=O) groups is 2. The first kappa shape index (κ1) is 24.0. The van der Waals surface area contributed by atoms with Gasteiger partial charge in [-0.15, -0.1) is 0 Å². The lowest BCUT2D eigenvalue weighted by Gasteiger charge is -2.47. The Labute approximate surface area is 188 Å². The lowest BCUT2D eigenvalue weighted by molar-refractivity contribution is -0.123. The summed E-state index contributed by atoms with van der Waals surface area (Å²) < 4.78 is 19.8. The minimum atomic E-state index is -0.491. The van der Waals surface area contributed by atoms with E-state index in [0.717, 1.165) is 5.56 Å². The summed E-state index contributed by atoms with van der Waals surface area (Å²) in [6.45, 7) is 3.72. The number of benzene rings is 2. The highest BCUT2D eigenvalue weighted by atomic mass is 19.1. The van der Waals surface area contributed by atoms with Crippen LogP contribution in [0.2, 0.25) is 0 Å². The van der Waals surface area contributed by atoms with Crippen LogP contribution in [0, 0.1) is 18.7 Å². The molecule has 2 aromatic carbocycles. The Morgan fingerprint density at radius 3 is 2.62 bits per heavy atom. The molecule has 3 atom stereocenters. The molecular formula is C25H31FN2O4. The van der Waals surface area contributed by atoms with Crippen molar-refractivity contribution >= 4 is 12.2 Å². The van der Waals surface area contributed by atoms with Crippen LogP contribution >= 0.6 is 0 Å². The molecule has 1 saturated heterocycles. The molecule has 0 saturated carbocycles. The summed E-state index contributed by atoms with van der Waals surface area (Å²) in [5.41, 5.74) is 1.79. The van der Waals surface area contributed by atoms with Crippen molar-refractivity contribution in [1.82, 2.24) is 9.80 Å². The molecule has 3 rings (SSSR count). The topological polar surface area (TPSA) is 70.1 Å². The molecule has 0 aliphatic carbocycles. The van der Waals surface area contributed by atoms with Gasteiger partial charge in [0, 0.05) is 50.7 Å². The Hall–Kier alpha value is -2.61. The summed E-state index contributed by atoms with van der Waals surface area (Å²) >= 11 is 0. The number of halogens is 1.